The Morgan fingerprint density at radius 3 is 2.54 bits per heavy atom. The monoisotopic (exact) mass is 391 g/mol. The zero-order valence-corrected chi connectivity index (χ0v) is 14.7. The number of carbonyl (C=O) groups excluding carboxylic acids is 2. The summed E-state index contributed by atoms with van der Waals surface area (Å²) in [4.78, 5) is 26.6. The van der Waals surface area contributed by atoms with Crippen molar-refractivity contribution in [1.29, 1.82) is 0 Å². The highest BCUT2D eigenvalue weighted by Crippen LogP contribution is 2.43. The number of hydrogen-bond donors (Lipinski definition) is 0. The Morgan fingerprint density at radius 2 is 1.82 bits per heavy atom. The minimum Gasteiger partial charge on any atom is -0.449 e. The molecule has 1 unspecified atom stereocenters. The number of nitrogens with zero attached hydrogens (tertiary/aromatic N) is 1. The molecular formula is C20H16F3NO4. The number of halogens is 3. The van der Waals surface area contributed by atoms with Gasteiger partial charge in [0.1, 0.15) is 5.75 Å². The molecule has 2 aromatic rings. The third kappa shape index (κ3) is 3.30. The molecular weight excluding hydrogens is 375 g/mol. The number of esters is 1. The molecule has 1 atom stereocenters. The van der Waals surface area contributed by atoms with Gasteiger partial charge in [-0.2, -0.15) is 0 Å². The lowest BCUT2D eigenvalue weighted by Crippen LogP contribution is -2.48. The van der Waals surface area contributed by atoms with Gasteiger partial charge in [-0.3, -0.25) is 4.79 Å². The second-order valence-corrected chi connectivity index (χ2v) is 6.83. The van der Waals surface area contributed by atoms with E-state index in [1.54, 1.807) is 17.0 Å². The van der Waals surface area contributed by atoms with Gasteiger partial charge in [-0.15, -0.1) is 13.2 Å². The van der Waals surface area contributed by atoms with Gasteiger partial charge < -0.3 is 14.4 Å². The Labute approximate surface area is 158 Å². The number of ether oxygens (including phenoxy) is 2. The molecule has 28 heavy (non-hydrogen) atoms. The highest BCUT2D eigenvalue weighted by Gasteiger charge is 2.48. The molecule has 8 heteroatoms. The molecule has 1 spiro atoms. The van der Waals surface area contributed by atoms with Crippen molar-refractivity contribution in [2.24, 2.45) is 0 Å². The van der Waals surface area contributed by atoms with Crippen LogP contribution < -0.4 is 4.74 Å². The number of amides is 1. The summed E-state index contributed by atoms with van der Waals surface area (Å²) >= 11 is 0. The number of carbonyl (C=O) groups is 2. The Bertz CT molecular complexity index is 926. The van der Waals surface area contributed by atoms with Crippen LogP contribution in [0.3, 0.4) is 0 Å². The lowest BCUT2D eigenvalue weighted by molar-refractivity contribution is -0.274. The first kappa shape index (κ1) is 18.3. The van der Waals surface area contributed by atoms with Crippen LogP contribution in [0.5, 0.6) is 5.75 Å². The molecule has 0 aliphatic carbocycles. The maximum Gasteiger partial charge on any atom is 0.573 e. The average Bonchev–Trinajstić information content (AvgIpc) is 2.92. The molecule has 0 aromatic heterocycles. The molecule has 2 heterocycles. The van der Waals surface area contributed by atoms with Gasteiger partial charge in [0.15, 0.2) is 5.60 Å². The summed E-state index contributed by atoms with van der Waals surface area (Å²) in [5.41, 5.74) is 0.641. The molecule has 1 fully saturated rings. The third-order valence-electron chi connectivity index (χ3n) is 5.00. The first-order valence-electron chi connectivity index (χ1n) is 8.75. The molecule has 1 amide bonds. The first-order chi connectivity index (χ1) is 13.3. The summed E-state index contributed by atoms with van der Waals surface area (Å²) in [6, 6.07) is 11.9. The molecule has 1 saturated heterocycles. The lowest BCUT2D eigenvalue weighted by Gasteiger charge is -2.39. The third-order valence-corrected chi connectivity index (χ3v) is 5.00. The van der Waals surface area contributed by atoms with Crippen molar-refractivity contribution in [3.63, 3.8) is 0 Å². The number of alkyl halides is 3. The second kappa shape index (κ2) is 6.54. The van der Waals surface area contributed by atoms with Gasteiger partial charge in [-0.25, -0.2) is 4.79 Å². The molecule has 5 nitrogen and oxygen atoms in total. The summed E-state index contributed by atoms with van der Waals surface area (Å²) in [5.74, 6) is -1.13. The zero-order valence-electron chi connectivity index (χ0n) is 14.7. The topological polar surface area (TPSA) is 55.8 Å². The van der Waals surface area contributed by atoms with Crippen LogP contribution in [-0.4, -0.2) is 36.2 Å². The molecule has 146 valence electrons. The molecule has 0 radical (unpaired) electrons. The van der Waals surface area contributed by atoms with E-state index in [-0.39, 0.29) is 18.0 Å². The van der Waals surface area contributed by atoms with Crippen molar-refractivity contribution in [3.8, 4) is 5.75 Å². The number of benzene rings is 2. The largest absolute Gasteiger partial charge is 0.573 e. The van der Waals surface area contributed by atoms with Crippen molar-refractivity contribution in [2.45, 2.75) is 24.8 Å². The summed E-state index contributed by atoms with van der Waals surface area (Å²) in [6.45, 7) is 0.677. The maximum absolute atomic E-state index is 12.9. The van der Waals surface area contributed by atoms with E-state index in [0.717, 1.165) is 17.7 Å². The second-order valence-electron chi connectivity index (χ2n) is 6.83. The van der Waals surface area contributed by atoms with Gasteiger partial charge in [0.25, 0.3) is 5.91 Å². The van der Waals surface area contributed by atoms with Crippen molar-refractivity contribution in [2.75, 3.05) is 13.1 Å². The van der Waals surface area contributed by atoms with Crippen molar-refractivity contribution in [3.05, 3.63) is 65.2 Å². The smallest absolute Gasteiger partial charge is 0.449 e. The molecule has 2 aliphatic rings. The van der Waals surface area contributed by atoms with Crippen LogP contribution in [0.25, 0.3) is 0 Å². The van der Waals surface area contributed by atoms with Gasteiger partial charge in [0.05, 0.1) is 12.1 Å². The first-order valence-corrected chi connectivity index (χ1v) is 8.75. The fourth-order valence-electron chi connectivity index (χ4n) is 3.83. The Hall–Kier alpha value is -3.03. The van der Waals surface area contributed by atoms with E-state index in [4.69, 9.17) is 4.74 Å². The molecule has 4 rings (SSSR count). The Kier molecular flexibility index (Phi) is 4.28. The average molecular weight is 391 g/mol. The van der Waals surface area contributed by atoms with Crippen LogP contribution >= 0.6 is 0 Å². The number of piperidine rings is 1. The quantitative estimate of drug-likeness (QED) is 0.729. The van der Waals surface area contributed by atoms with Gasteiger partial charge in [0, 0.05) is 17.7 Å². The molecule has 0 N–H and O–H groups in total. The van der Waals surface area contributed by atoms with Gasteiger partial charge in [-0.05, 0) is 43.2 Å². The van der Waals surface area contributed by atoms with Gasteiger partial charge in [-0.1, -0.05) is 18.2 Å². The predicted molar refractivity (Wildman–Crippen MR) is 91.8 cm³/mol. The normalized spacial score (nSPS) is 21.4. The van der Waals surface area contributed by atoms with E-state index in [0.29, 0.717) is 24.9 Å². The highest BCUT2D eigenvalue weighted by molar-refractivity contribution is 5.96. The standard InChI is InChI=1S/C20H16F3NO4/c21-20(22,23)27-14-8-6-13(7-9-14)17(25)24-11-3-10-19(12-24)16-5-2-1-4-15(16)18(26)28-19/h1-2,4-9H,3,10-12H2. The van der Waals surface area contributed by atoms with Crippen LogP contribution in [0, 0.1) is 0 Å². The molecule has 0 saturated carbocycles. The number of hydrogen-bond acceptors (Lipinski definition) is 4. The Balaban J connectivity index is 1.54. The summed E-state index contributed by atoms with van der Waals surface area (Å²) in [7, 11) is 0. The van der Waals surface area contributed by atoms with E-state index in [2.05, 4.69) is 4.74 Å². The van der Waals surface area contributed by atoms with E-state index >= 15 is 0 Å². The summed E-state index contributed by atoms with van der Waals surface area (Å²) in [5, 5.41) is 0. The van der Waals surface area contributed by atoms with Gasteiger partial charge in [0.2, 0.25) is 0 Å². The Morgan fingerprint density at radius 1 is 1.11 bits per heavy atom. The molecule has 0 bridgehead atoms. The minimum absolute atomic E-state index is 0.204. The van der Waals surface area contributed by atoms with Crippen LogP contribution in [0.2, 0.25) is 0 Å². The SMILES string of the molecule is O=C1OC2(CCCN(C(=O)c3ccc(OC(F)(F)F)cc3)C2)c2ccccc21. The summed E-state index contributed by atoms with van der Waals surface area (Å²) in [6.07, 6.45) is -3.54. The van der Waals surface area contributed by atoms with Crippen LogP contribution in [0.1, 0.15) is 39.1 Å². The number of fused-ring (bicyclic) bond motifs is 2. The van der Waals surface area contributed by atoms with Crippen LogP contribution in [-0.2, 0) is 10.3 Å². The van der Waals surface area contributed by atoms with Crippen molar-refractivity contribution >= 4 is 11.9 Å². The fourth-order valence-corrected chi connectivity index (χ4v) is 3.83. The highest BCUT2D eigenvalue weighted by atomic mass is 19.4. The van der Waals surface area contributed by atoms with E-state index in [1.807, 2.05) is 12.1 Å². The predicted octanol–water partition coefficient (Wildman–Crippen LogP) is 3.89. The fraction of sp³-hybridized carbons (Fsp3) is 0.300. The molecule has 2 aromatic carbocycles. The zero-order chi connectivity index (χ0) is 19.9. The minimum atomic E-state index is -4.79. The number of rotatable bonds is 2. The van der Waals surface area contributed by atoms with E-state index in [1.165, 1.54) is 12.1 Å². The van der Waals surface area contributed by atoms with E-state index < -0.39 is 23.7 Å². The van der Waals surface area contributed by atoms with Crippen LogP contribution in [0.4, 0.5) is 13.2 Å². The van der Waals surface area contributed by atoms with Gasteiger partial charge >= 0.3 is 12.3 Å². The van der Waals surface area contributed by atoms with Crippen molar-refractivity contribution in [1.82, 2.24) is 4.90 Å². The lowest BCUT2D eigenvalue weighted by atomic mass is 9.85. The van der Waals surface area contributed by atoms with Crippen LogP contribution in [0.15, 0.2) is 48.5 Å². The number of likely N-dealkylation sites (tertiary alicyclic amines) is 1. The van der Waals surface area contributed by atoms with E-state index in [9.17, 15) is 22.8 Å². The maximum atomic E-state index is 12.9. The summed E-state index contributed by atoms with van der Waals surface area (Å²) < 4.78 is 46.3. The molecule has 2 aliphatic heterocycles. The van der Waals surface area contributed by atoms with Crippen molar-refractivity contribution < 1.29 is 32.2 Å².